The predicted molar refractivity (Wildman–Crippen MR) is 98.4 cm³/mol. The van der Waals surface area contributed by atoms with E-state index in [-0.39, 0.29) is 23.8 Å². The molecule has 0 aliphatic carbocycles. The van der Waals surface area contributed by atoms with Crippen LogP contribution in [0.2, 0.25) is 0 Å². The molecule has 1 amide bonds. The number of hydrogen-bond donors (Lipinski definition) is 1. The molecule has 0 atom stereocenters. The number of nitrogens with zero attached hydrogens (tertiary/aromatic N) is 1. The molecule has 2 aromatic carbocycles. The highest BCUT2D eigenvalue weighted by Gasteiger charge is 2.31. The molecule has 1 heterocycles. The minimum absolute atomic E-state index is 0.201. The predicted octanol–water partition coefficient (Wildman–Crippen LogP) is 5.19. The Morgan fingerprint density at radius 1 is 1.11 bits per heavy atom. The van der Waals surface area contributed by atoms with Crippen LogP contribution in [0.1, 0.15) is 39.7 Å². The average molecular weight is 390 g/mol. The lowest BCUT2D eigenvalue weighted by molar-refractivity contribution is -0.137. The number of halogens is 4. The standard InChI is InChI=1S/C21H18F4N2O/c1-3-17-19(20(28)26-11-13-4-7-15(22)8-5-13)12(2)16-9-6-14(21(23,24)25)10-18(16)27-17/h4-10H,3,11H2,1-2H3,(H,26,28). The highest BCUT2D eigenvalue weighted by atomic mass is 19.4. The number of rotatable bonds is 4. The maximum Gasteiger partial charge on any atom is 0.416 e. The summed E-state index contributed by atoms with van der Waals surface area (Å²) in [6.45, 7) is 3.69. The molecule has 1 aromatic heterocycles. The van der Waals surface area contributed by atoms with E-state index in [1.807, 2.05) is 0 Å². The SMILES string of the molecule is CCc1nc2cc(C(F)(F)F)ccc2c(C)c1C(=O)NCc1ccc(F)cc1. The minimum Gasteiger partial charge on any atom is -0.348 e. The number of alkyl halides is 3. The van der Waals surface area contributed by atoms with Crippen LogP contribution in [-0.2, 0) is 19.1 Å². The van der Waals surface area contributed by atoms with Crippen molar-refractivity contribution in [1.29, 1.82) is 0 Å². The summed E-state index contributed by atoms with van der Waals surface area (Å²) in [7, 11) is 0. The summed E-state index contributed by atoms with van der Waals surface area (Å²) in [5.74, 6) is -0.732. The van der Waals surface area contributed by atoms with Gasteiger partial charge in [0, 0.05) is 11.9 Å². The Kier molecular flexibility index (Phi) is 5.36. The van der Waals surface area contributed by atoms with Crippen LogP contribution >= 0.6 is 0 Å². The smallest absolute Gasteiger partial charge is 0.348 e. The van der Waals surface area contributed by atoms with Crippen molar-refractivity contribution >= 4 is 16.8 Å². The molecule has 3 rings (SSSR count). The van der Waals surface area contributed by atoms with Crippen LogP contribution in [0.5, 0.6) is 0 Å². The van der Waals surface area contributed by atoms with E-state index in [9.17, 15) is 22.4 Å². The van der Waals surface area contributed by atoms with Crippen molar-refractivity contribution < 1.29 is 22.4 Å². The van der Waals surface area contributed by atoms with Gasteiger partial charge in [-0.3, -0.25) is 9.78 Å². The second kappa shape index (κ2) is 7.58. The lowest BCUT2D eigenvalue weighted by atomic mass is 9.98. The Balaban J connectivity index is 1.96. The van der Waals surface area contributed by atoms with Crippen molar-refractivity contribution in [2.24, 2.45) is 0 Å². The molecule has 0 fully saturated rings. The highest BCUT2D eigenvalue weighted by Crippen LogP contribution is 2.32. The fraction of sp³-hybridized carbons (Fsp3) is 0.238. The zero-order valence-corrected chi connectivity index (χ0v) is 15.3. The van der Waals surface area contributed by atoms with Gasteiger partial charge in [-0.15, -0.1) is 0 Å². The molecule has 0 aliphatic heterocycles. The Hall–Kier alpha value is -2.96. The van der Waals surface area contributed by atoms with Gasteiger partial charge in [0.15, 0.2) is 0 Å². The molecule has 0 radical (unpaired) electrons. The van der Waals surface area contributed by atoms with Crippen LogP contribution in [0.3, 0.4) is 0 Å². The number of nitrogens with one attached hydrogen (secondary N) is 1. The van der Waals surface area contributed by atoms with Gasteiger partial charge in [0.25, 0.3) is 5.91 Å². The molecule has 146 valence electrons. The molecule has 3 aromatic rings. The number of carbonyl (C=O) groups is 1. The number of carbonyl (C=O) groups excluding carboxylic acids is 1. The molecule has 1 N–H and O–H groups in total. The van der Waals surface area contributed by atoms with Gasteiger partial charge in [0.1, 0.15) is 5.82 Å². The third-order valence-corrected chi connectivity index (χ3v) is 4.58. The number of amides is 1. The lowest BCUT2D eigenvalue weighted by Gasteiger charge is -2.15. The second-order valence-corrected chi connectivity index (χ2v) is 6.45. The van der Waals surface area contributed by atoms with Crippen molar-refractivity contribution in [3.8, 4) is 0 Å². The van der Waals surface area contributed by atoms with Gasteiger partial charge < -0.3 is 5.32 Å². The largest absolute Gasteiger partial charge is 0.416 e. The van der Waals surface area contributed by atoms with Gasteiger partial charge in [-0.1, -0.05) is 25.1 Å². The van der Waals surface area contributed by atoms with Crippen LogP contribution < -0.4 is 5.32 Å². The summed E-state index contributed by atoms with van der Waals surface area (Å²) < 4.78 is 51.9. The van der Waals surface area contributed by atoms with E-state index in [2.05, 4.69) is 10.3 Å². The molecule has 3 nitrogen and oxygen atoms in total. The van der Waals surface area contributed by atoms with E-state index >= 15 is 0 Å². The van der Waals surface area contributed by atoms with Crippen molar-refractivity contribution in [1.82, 2.24) is 10.3 Å². The maximum absolute atomic E-state index is 13.0. The van der Waals surface area contributed by atoms with E-state index in [0.717, 1.165) is 17.7 Å². The van der Waals surface area contributed by atoms with E-state index in [0.29, 0.717) is 28.6 Å². The van der Waals surface area contributed by atoms with Gasteiger partial charge in [0.2, 0.25) is 0 Å². The van der Waals surface area contributed by atoms with Gasteiger partial charge in [-0.25, -0.2) is 4.39 Å². The molecule has 0 aliphatic rings. The molecule has 28 heavy (non-hydrogen) atoms. The van der Waals surface area contributed by atoms with Gasteiger partial charge >= 0.3 is 6.18 Å². The number of pyridine rings is 1. The molecule has 0 saturated heterocycles. The zero-order valence-electron chi connectivity index (χ0n) is 15.3. The fourth-order valence-corrected chi connectivity index (χ4v) is 3.10. The average Bonchev–Trinajstić information content (AvgIpc) is 2.66. The van der Waals surface area contributed by atoms with Crippen LogP contribution in [0.15, 0.2) is 42.5 Å². The van der Waals surface area contributed by atoms with Crippen molar-refractivity contribution in [2.75, 3.05) is 0 Å². The van der Waals surface area contributed by atoms with Gasteiger partial charge in [-0.05, 0) is 48.7 Å². The number of benzene rings is 2. The first-order chi connectivity index (χ1) is 13.2. The number of hydrogen-bond acceptors (Lipinski definition) is 2. The van der Waals surface area contributed by atoms with Gasteiger partial charge in [-0.2, -0.15) is 13.2 Å². The van der Waals surface area contributed by atoms with Crippen LogP contribution in [0.4, 0.5) is 17.6 Å². The Bertz CT molecular complexity index is 1030. The number of aryl methyl sites for hydroxylation is 2. The van der Waals surface area contributed by atoms with Crippen molar-refractivity contribution in [2.45, 2.75) is 33.0 Å². The normalized spacial score (nSPS) is 11.6. The summed E-state index contributed by atoms with van der Waals surface area (Å²) in [5.41, 5.74) is 1.53. The molecular formula is C21H18F4N2O. The molecule has 0 spiro atoms. The third kappa shape index (κ3) is 3.98. The molecular weight excluding hydrogens is 372 g/mol. The number of aromatic nitrogens is 1. The Morgan fingerprint density at radius 2 is 1.79 bits per heavy atom. The molecule has 0 unspecified atom stereocenters. The fourth-order valence-electron chi connectivity index (χ4n) is 3.10. The summed E-state index contributed by atoms with van der Waals surface area (Å²) in [6.07, 6.45) is -4.06. The van der Waals surface area contributed by atoms with Crippen molar-refractivity contribution in [3.05, 3.63) is 76.2 Å². The minimum atomic E-state index is -4.46. The van der Waals surface area contributed by atoms with E-state index in [4.69, 9.17) is 0 Å². The van der Waals surface area contributed by atoms with Crippen molar-refractivity contribution in [3.63, 3.8) is 0 Å². The summed E-state index contributed by atoms with van der Waals surface area (Å²) in [4.78, 5) is 17.1. The molecule has 0 saturated carbocycles. The quantitative estimate of drug-likeness (QED) is 0.623. The molecule has 7 heteroatoms. The lowest BCUT2D eigenvalue weighted by Crippen LogP contribution is -2.25. The highest BCUT2D eigenvalue weighted by molar-refractivity contribution is 6.01. The van der Waals surface area contributed by atoms with Crippen LogP contribution in [0.25, 0.3) is 10.9 Å². The molecule has 0 bridgehead atoms. The third-order valence-electron chi connectivity index (χ3n) is 4.58. The van der Waals surface area contributed by atoms with Crippen LogP contribution in [0, 0.1) is 12.7 Å². The Labute approximate surface area is 159 Å². The zero-order chi connectivity index (χ0) is 20.5. The van der Waals surface area contributed by atoms with E-state index in [1.54, 1.807) is 26.0 Å². The first-order valence-electron chi connectivity index (χ1n) is 8.73. The van der Waals surface area contributed by atoms with Crippen LogP contribution in [-0.4, -0.2) is 10.9 Å². The topological polar surface area (TPSA) is 42.0 Å². The maximum atomic E-state index is 13.0. The first-order valence-corrected chi connectivity index (χ1v) is 8.73. The summed E-state index contributed by atoms with van der Waals surface area (Å²) in [6, 6.07) is 9.09. The summed E-state index contributed by atoms with van der Waals surface area (Å²) in [5, 5.41) is 3.27. The van der Waals surface area contributed by atoms with E-state index in [1.165, 1.54) is 18.2 Å². The summed E-state index contributed by atoms with van der Waals surface area (Å²) >= 11 is 0. The number of fused-ring (bicyclic) bond motifs is 1. The second-order valence-electron chi connectivity index (χ2n) is 6.45. The first kappa shape index (κ1) is 19.8. The van der Waals surface area contributed by atoms with Gasteiger partial charge in [0.05, 0.1) is 22.3 Å². The monoisotopic (exact) mass is 390 g/mol. The Morgan fingerprint density at radius 3 is 2.39 bits per heavy atom. The van der Waals surface area contributed by atoms with E-state index < -0.39 is 11.7 Å².